The molecule has 82 heavy (non-hydrogen) atoms. The highest BCUT2D eigenvalue weighted by Gasteiger charge is 2.69. The Kier molecular flexibility index (Phi) is 16.5. The molecule has 0 radical (unpaired) electrons. The van der Waals surface area contributed by atoms with Gasteiger partial charge in [-0.3, -0.25) is 19.2 Å². The molecule has 11 aliphatic rings. The van der Waals surface area contributed by atoms with E-state index in [1.165, 1.54) is 32.1 Å². The summed E-state index contributed by atoms with van der Waals surface area (Å²) in [6.07, 6.45) is 15.4. The van der Waals surface area contributed by atoms with Crippen LogP contribution in [0, 0.1) is 69.5 Å². The SMILES string of the molecule is CCC(C)(C)C(=O)OC1(CC)CC2CC1C1C3CCC(C3)C21.CCC(C)(C)C(=O)OC12CC3CC(CC(O)(C3)C1)C2.CCC(C)(C)C(=O)OC1C2CC3C(=O)OC1C3O2.O=S(=O)([O-])C(c1ccccc1)(c1ccccc1)c1ccccc1. The second-order valence-electron chi connectivity index (χ2n) is 28.6. The van der Waals surface area contributed by atoms with Crippen LogP contribution in [-0.4, -0.2) is 83.2 Å². The average Bonchev–Trinajstić information content (AvgIpc) is 2.30. The zero-order chi connectivity index (χ0) is 59.0. The van der Waals surface area contributed by atoms with Gasteiger partial charge in [-0.25, -0.2) is 8.42 Å². The maximum Gasteiger partial charge on any atom is 0.312 e. The van der Waals surface area contributed by atoms with E-state index >= 15 is 0 Å². The minimum atomic E-state index is -4.74. The van der Waals surface area contributed by atoms with Gasteiger partial charge in [0.15, 0.2) is 12.2 Å². The van der Waals surface area contributed by atoms with Crippen LogP contribution in [0.1, 0.15) is 189 Å². The molecule has 13 nitrogen and oxygen atoms in total. The molecule has 0 aromatic heterocycles. The molecule has 0 spiro atoms. The van der Waals surface area contributed by atoms with Gasteiger partial charge in [-0.05, 0) is 196 Å². The molecule has 1 N–H and O–H groups in total. The molecule has 8 aliphatic carbocycles. The summed E-state index contributed by atoms with van der Waals surface area (Å²) < 4.78 is 64.5. The quantitative estimate of drug-likeness (QED) is 0.0528. The maximum atomic E-state index is 12.7. The number of benzene rings is 3. The van der Waals surface area contributed by atoms with Crippen LogP contribution >= 0.6 is 0 Å². The van der Waals surface area contributed by atoms with Gasteiger partial charge >= 0.3 is 23.9 Å². The molecule has 0 amide bonds. The maximum absolute atomic E-state index is 12.7. The number of hydrogen-bond acceptors (Lipinski definition) is 13. The Hall–Kier alpha value is -4.63. The highest BCUT2D eigenvalue weighted by molar-refractivity contribution is 7.87. The van der Waals surface area contributed by atoms with Gasteiger partial charge in [0.1, 0.15) is 32.2 Å². The monoisotopic (exact) mass is 1150 g/mol. The molecule has 8 saturated carbocycles. The third-order valence-corrected chi connectivity index (χ3v) is 23.8. The Morgan fingerprint density at radius 2 is 1.11 bits per heavy atom. The van der Waals surface area contributed by atoms with Gasteiger partial charge < -0.3 is 33.3 Å². The van der Waals surface area contributed by atoms with Crippen LogP contribution in [-0.2, 0) is 57.7 Å². The van der Waals surface area contributed by atoms with Crippen molar-refractivity contribution in [3.05, 3.63) is 108 Å². The molecule has 10 bridgehead atoms. The summed E-state index contributed by atoms with van der Waals surface area (Å²) in [5.74, 6) is 5.84. The molecule has 3 heterocycles. The number of fused-ring (bicyclic) bond motifs is 10. The third kappa shape index (κ3) is 10.8. The van der Waals surface area contributed by atoms with E-state index in [0.717, 1.165) is 81.0 Å². The molecular weight excluding hydrogens is 1060 g/mol. The van der Waals surface area contributed by atoms with Gasteiger partial charge in [0, 0.05) is 12.3 Å². The van der Waals surface area contributed by atoms with Crippen molar-refractivity contribution in [2.45, 2.75) is 218 Å². The number of carbonyl (C=O) groups excluding carboxylic acids is 4. The van der Waals surface area contributed by atoms with Crippen LogP contribution in [0.25, 0.3) is 0 Å². The fourth-order valence-electron chi connectivity index (χ4n) is 17.3. The lowest BCUT2D eigenvalue weighted by atomic mass is 9.52. The number of carbonyl (C=O) groups is 4. The first-order valence-electron chi connectivity index (χ1n) is 31.1. The highest BCUT2D eigenvalue weighted by atomic mass is 32.2. The fourth-order valence-corrected chi connectivity index (χ4v) is 18.5. The Bertz CT molecular complexity index is 2810. The Balaban J connectivity index is 0.000000123. The summed E-state index contributed by atoms with van der Waals surface area (Å²) in [7, 11) is -4.74. The van der Waals surface area contributed by atoms with Gasteiger partial charge in [-0.2, -0.15) is 0 Å². The van der Waals surface area contributed by atoms with Gasteiger partial charge in [0.05, 0.1) is 33.9 Å². The van der Waals surface area contributed by atoms with E-state index in [-0.39, 0.29) is 58.6 Å². The first kappa shape index (κ1) is 60.5. The van der Waals surface area contributed by atoms with E-state index < -0.39 is 43.5 Å². The Morgan fingerprint density at radius 3 is 1.59 bits per heavy atom. The summed E-state index contributed by atoms with van der Waals surface area (Å²) in [6.45, 7) is 20.0. The molecule has 11 fully saturated rings. The molecule has 14 rings (SSSR count). The van der Waals surface area contributed by atoms with Crippen molar-refractivity contribution in [2.24, 2.45) is 69.5 Å². The lowest BCUT2D eigenvalue weighted by molar-refractivity contribution is -0.225. The van der Waals surface area contributed by atoms with Crippen LogP contribution < -0.4 is 0 Å². The molecule has 448 valence electrons. The topological polar surface area (TPSA) is 192 Å². The molecule has 3 aliphatic heterocycles. The van der Waals surface area contributed by atoms with Crippen molar-refractivity contribution in [1.82, 2.24) is 0 Å². The van der Waals surface area contributed by atoms with Crippen LogP contribution in [0.5, 0.6) is 0 Å². The third-order valence-electron chi connectivity index (χ3n) is 22.3. The lowest BCUT2D eigenvalue weighted by Gasteiger charge is -2.59. The van der Waals surface area contributed by atoms with E-state index in [2.05, 4.69) is 13.8 Å². The van der Waals surface area contributed by atoms with E-state index in [0.29, 0.717) is 53.7 Å². The molecular formula is C68H91O13S-. The summed E-state index contributed by atoms with van der Waals surface area (Å²) >= 11 is 0. The molecule has 14 atom stereocenters. The number of rotatable bonds is 14. The van der Waals surface area contributed by atoms with E-state index in [1.54, 1.807) is 91.0 Å². The van der Waals surface area contributed by atoms with Crippen LogP contribution in [0.2, 0.25) is 0 Å². The van der Waals surface area contributed by atoms with Crippen molar-refractivity contribution in [3.63, 3.8) is 0 Å². The predicted octanol–water partition coefficient (Wildman–Crippen LogP) is 12.4. The molecule has 14 unspecified atom stereocenters. The zero-order valence-electron chi connectivity index (χ0n) is 50.2. The minimum Gasteiger partial charge on any atom is -0.747 e. The van der Waals surface area contributed by atoms with Crippen molar-refractivity contribution in [1.29, 1.82) is 0 Å². The molecule has 3 saturated heterocycles. The smallest absolute Gasteiger partial charge is 0.312 e. The summed E-state index contributed by atoms with van der Waals surface area (Å²) in [5, 5.41) is 10.6. The summed E-state index contributed by atoms with van der Waals surface area (Å²) in [4.78, 5) is 48.7. The summed E-state index contributed by atoms with van der Waals surface area (Å²) in [5.41, 5.74) is -0.983. The van der Waals surface area contributed by atoms with Crippen LogP contribution in [0.4, 0.5) is 0 Å². The first-order valence-corrected chi connectivity index (χ1v) is 32.5. The number of ether oxygens (including phenoxy) is 5. The van der Waals surface area contributed by atoms with Crippen LogP contribution in [0.3, 0.4) is 0 Å². The largest absolute Gasteiger partial charge is 0.747 e. The normalized spacial score (nSPS) is 35.8. The second kappa shape index (κ2) is 22.3. The number of esters is 4. The molecule has 3 aromatic carbocycles. The Morgan fingerprint density at radius 1 is 0.622 bits per heavy atom. The van der Waals surface area contributed by atoms with Gasteiger partial charge in [0.2, 0.25) is 0 Å². The number of hydrogen-bond donors (Lipinski definition) is 1. The number of aliphatic hydroxyl groups is 1. The lowest BCUT2D eigenvalue weighted by Crippen LogP contribution is -2.61. The van der Waals surface area contributed by atoms with Crippen molar-refractivity contribution in [3.8, 4) is 0 Å². The zero-order valence-corrected chi connectivity index (χ0v) is 51.1. The van der Waals surface area contributed by atoms with Crippen LogP contribution in [0.15, 0.2) is 91.0 Å². The first-order chi connectivity index (χ1) is 38.7. The second-order valence-corrected chi connectivity index (χ2v) is 30.1. The van der Waals surface area contributed by atoms with Crippen molar-refractivity contribution in [2.75, 3.05) is 0 Å². The van der Waals surface area contributed by atoms with E-state index in [1.807, 2.05) is 55.4 Å². The fraction of sp³-hybridized carbons (Fsp3) is 0.676. The minimum absolute atomic E-state index is 0.0455. The molecule has 3 aromatic rings. The van der Waals surface area contributed by atoms with Gasteiger partial charge in [-0.15, -0.1) is 0 Å². The Labute approximate surface area is 487 Å². The predicted molar refractivity (Wildman–Crippen MR) is 309 cm³/mol. The highest BCUT2D eigenvalue weighted by Crippen LogP contribution is 2.71. The van der Waals surface area contributed by atoms with E-state index in [9.17, 15) is 37.3 Å². The van der Waals surface area contributed by atoms with Gasteiger partial charge in [0.25, 0.3) is 0 Å². The molecule has 14 heteroatoms. The summed E-state index contributed by atoms with van der Waals surface area (Å²) in [6, 6.07) is 25.9. The van der Waals surface area contributed by atoms with E-state index in [4.69, 9.17) is 23.7 Å². The van der Waals surface area contributed by atoms with Crippen molar-refractivity contribution < 1.29 is 60.9 Å². The van der Waals surface area contributed by atoms with Gasteiger partial charge in [-0.1, -0.05) is 119 Å². The standard InChI is InChI=1S/C20H32O2.C19H16O3S.C16H26O3.C13H18O5/c1-5-19(3,4)18(21)22-20(6-2)11-14-10-15(20)17-13-8-7-12(9-13)16(14)17;20-23(21,22)19(16-10-4-1-5-11-16,17-12-6-2-7-13-17)18-14-8-3-9-15-18;1-4-14(2,3)13(17)19-16-8-11-5-12(9-16)7-15(18,6-11)10-16;1-4-13(2,3)12(15)18-9-7-5-6-8(16-7)10(9)17-11(6)14/h12-17H,5-11H2,1-4H3;1-15H,(H,20,21,22);11-12,18H,4-10H2,1-3H3;6-10H,4-5H2,1-3H3/p-1. The van der Waals surface area contributed by atoms with Crippen molar-refractivity contribution >= 4 is 34.0 Å². The average molecular weight is 1150 g/mol.